The van der Waals surface area contributed by atoms with Crippen LogP contribution in [0.1, 0.15) is 51.9 Å². The molecule has 1 saturated carbocycles. The average Bonchev–Trinajstić information content (AvgIpc) is 3.60. The van der Waals surface area contributed by atoms with Crippen molar-refractivity contribution in [3.63, 3.8) is 0 Å². The number of carbonyl (C=O) groups is 3. The van der Waals surface area contributed by atoms with Gasteiger partial charge < -0.3 is 20.1 Å². The van der Waals surface area contributed by atoms with E-state index in [1.165, 1.54) is 6.33 Å². The maximum absolute atomic E-state index is 13.7. The number of carbonyl (C=O) groups excluding carboxylic acids is 3. The van der Waals surface area contributed by atoms with Gasteiger partial charge in [0, 0.05) is 24.2 Å². The summed E-state index contributed by atoms with van der Waals surface area (Å²) in [5.74, 6) is -1.04. The van der Waals surface area contributed by atoms with Gasteiger partial charge in [0.25, 0.3) is 11.8 Å². The number of fused-ring (bicyclic) bond motifs is 1. The van der Waals surface area contributed by atoms with Gasteiger partial charge in [0.05, 0.1) is 12.9 Å². The fourth-order valence-corrected chi connectivity index (χ4v) is 4.79. The fourth-order valence-electron chi connectivity index (χ4n) is 4.59. The third-order valence-corrected chi connectivity index (χ3v) is 6.95. The van der Waals surface area contributed by atoms with Crippen LogP contribution in [0.25, 0.3) is 0 Å². The molecule has 2 heterocycles. The molecule has 5 rings (SSSR count). The second-order valence-corrected chi connectivity index (χ2v) is 9.60. The number of hydrogen-bond acceptors (Lipinski definition) is 4. The number of nitrogens with one attached hydrogen (secondary N) is 2. The zero-order valence-electron chi connectivity index (χ0n) is 19.3. The third kappa shape index (κ3) is 4.41. The molecule has 2 aromatic carbocycles. The van der Waals surface area contributed by atoms with Crippen molar-refractivity contribution in [3.8, 4) is 0 Å². The van der Waals surface area contributed by atoms with Gasteiger partial charge in [0.1, 0.15) is 11.2 Å². The van der Waals surface area contributed by atoms with Crippen molar-refractivity contribution in [3.05, 3.63) is 88.5 Å². The average molecular weight is 492 g/mol. The molecule has 9 heteroatoms. The number of halogens is 1. The van der Waals surface area contributed by atoms with Crippen molar-refractivity contribution in [1.82, 2.24) is 25.1 Å². The smallest absolute Gasteiger partial charge is 0.274 e. The van der Waals surface area contributed by atoms with Crippen molar-refractivity contribution >= 4 is 29.3 Å². The van der Waals surface area contributed by atoms with Gasteiger partial charge in [-0.1, -0.05) is 60.1 Å². The summed E-state index contributed by atoms with van der Waals surface area (Å²) in [6, 6.07) is 16.8. The van der Waals surface area contributed by atoms with E-state index in [1.807, 2.05) is 48.5 Å². The Bertz CT molecular complexity index is 1290. The second-order valence-electron chi connectivity index (χ2n) is 9.19. The van der Waals surface area contributed by atoms with Crippen molar-refractivity contribution in [2.45, 2.75) is 51.0 Å². The summed E-state index contributed by atoms with van der Waals surface area (Å²) in [6.07, 6.45) is 3.11. The number of hydrogen-bond donors (Lipinski definition) is 2. The quantitative estimate of drug-likeness (QED) is 0.530. The van der Waals surface area contributed by atoms with E-state index in [1.54, 1.807) is 22.5 Å². The van der Waals surface area contributed by atoms with Crippen LogP contribution in [0.2, 0.25) is 5.02 Å². The molecule has 1 fully saturated rings. The first-order valence-electron chi connectivity index (χ1n) is 11.6. The molecule has 0 radical (unpaired) electrons. The molecular weight excluding hydrogens is 466 g/mol. The van der Waals surface area contributed by atoms with Gasteiger partial charge in [-0.15, -0.1) is 0 Å². The van der Waals surface area contributed by atoms with E-state index in [-0.39, 0.29) is 42.3 Å². The van der Waals surface area contributed by atoms with E-state index in [9.17, 15) is 14.4 Å². The van der Waals surface area contributed by atoms with Crippen LogP contribution in [0.15, 0.2) is 60.9 Å². The Labute approximate surface area is 208 Å². The largest absolute Gasteiger partial charge is 0.350 e. The number of benzene rings is 2. The summed E-state index contributed by atoms with van der Waals surface area (Å²) in [4.78, 5) is 46.0. The van der Waals surface area contributed by atoms with Gasteiger partial charge in [-0.3, -0.25) is 14.4 Å². The maximum Gasteiger partial charge on any atom is 0.274 e. The summed E-state index contributed by atoms with van der Waals surface area (Å²) in [5, 5.41) is 6.36. The predicted octanol–water partition coefficient (Wildman–Crippen LogP) is 3.16. The molecule has 3 amide bonds. The highest BCUT2D eigenvalue weighted by Crippen LogP contribution is 2.39. The number of nitrogens with zero attached hydrogens (tertiary/aromatic N) is 3. The fraction of sp³-hybridized carbons (Fsp3) is 0.308. The molecule has 0 saturated heterocycles. The Kier molecular flexibility index (Phi) is 6.06. The van der Waals surface area contributed by atoms with Crippen LogP contribution in [0, 0.1) is 0 Å². The lowest BCUT2D eigenvalue weighted by atomic mass is 9.93. The number of rotatable bonds is 7. The van der Waals surface area contributed by atoms with Crippen molar-refractivity contribution < 1.29 is 14.4 Å². The summed E-state index contributed by atoms with van der Waals surface area (Å²) in [5.41, 5.74) is 0.925. The summed E-state index contributed by atoms with van der Waals surface area (Å²) >= 11 is 6.24. The van der Waals surface area contributed by atoms with Crippen LogP contribution in [0.4, 0.5) is 0 Å². The van der Waals surface area contributed by atoms with Crippen LogP contribution in [0.3, 0.4) is 0 Å². The monoisotopic (exact) mass is 491 g/mol. The van der Waals surface area contributed by atoms with Crippen molar-refractivity contribution in [2.24, 2.45) is 0 Å². The minimum Gasteiger partial charge on any atom is -0.350 e. The zero-order chi connectivity index (χ0) is 24.6. The highest BCUT2D eigenvalue weighted by molar-refractivity contribution is 6.31. The molecular formula is C26H26ClN5O3. The SMILES string of the molecule is C[C@]1(C(=O)NCc2ccccc2Cl)Cn2cnc(C(=O)NCc3ccccc3)c2C(=O)N1C1CC1. The molecule has 8 nitrogen and oxygen atoms in total. The minimum absolute atomic E-state index is 0.0394. The molecule has 3 aromatic rings. The van der Waals surface area contributed by atoms with E-state index >= 15 is 0 Å². The van der Waals surface area contributed by atoms with Crippen molar-refractivity contribution in [1.29, 1.82) is 0 Å². The molecule has 35 heavy (non-hydrogen) atoms. The topological polar surface area (TPSA) is 96.3 Å². The molecule has 1 aromatic heterocycles. The van der Waals surface area contributed by atoms with Crippen LogP contribution >= 0.6 is 11.6 Å². The van der Waals surface area contributed by atoms with Crippen LogP contribution in [0.5, 0.6) is 0 Å². The van der Waals surface area contributed by atoms with E-state index in [4.69, 9.17) is 11.6 Å². The molecule has 0 bridgehead atoms. The molecule has 0 spiro atoms. The first kappa shape index (κ1) is 23.1. The van der Waals surface area contributed by atoms with Gasteiger partial charge in [-0.05, 0) is 37.0 Å². The number of aromatic nitrogens is 2. The molecule has 0 unspecified atom stereocenters. The van der Waals surface area contributed by atoms with Gasteiger partial charge >= 0.3 is 0 Å². The molecule has 1 atom stereocenters. The van der Waals surface area contributed by atoms with Gasteiger partial charge in [0.15, 0.2) is 5.69 Å². The van der Waals surface area contributed by atoms with E-state index in [2.05, 4.69) is 15.6 Å². The van der Waals surface area contributed by atoms with E-state index < -0.39 is 11.4 Å². The van der Waals surface area contributed by atoms with Gasteiger partial charge in [0.2, 0.25) is 5.91 Å². The standard InChI is InChI=1S/C26H26ClN5O3/c1-26(25(35)29-14-18-9-5-6-10-20(18)27)15-31-16-30-21(22(31)24(34)32(26)19-11-12-19)23(33)28-13-17-7-3-2-4-8-17/h2-10,16,19H,11-15H2,1H3,(H,28,33)(H,29,35)/t26-/m1/s1. The van der Waals surface area contributed by atoms with E-state index in [0.29, 0.717) is 11.6 Å². The molecule has 2 aliphatic rings. The Morgan fingerprint density at radius 3 is 2.49 bits per heavy atom. The Morgan fingerprint density at radius 2 is 1.77 bits per heavy atom. The number of amides is 3. The lowest BCUT2D eigenvalue weighted by Crippen LogP contribution is -2.64. The highest BCUT2D eigenvalue weighted by atomic mass is 35.5. The first-order valence-corrected chi connectivity index (χ1v) is 12.0. The van der Waals surface area contributed by atoms with Crippen LogP contribution < -0.4 is 10.6 Å². The Hall–Kier alpha value is -3.65. The lowest BCUT2D eigenvalue weighted by Gasteiger charge is -2.44. The molecule has 2 N–H and O–H groups in total. The normalized spacial score (nSPS) is 19.3. The minimum atomic E-state index is -1.12. The van der Waals surface area contributed by atoms with Gasteiger partial charge in [-0.25, -0.2) is 4.98 Å². The molecule has 180 valence electrons. The summed E-state index contributed by atoms with van der Waals surface area (Å²) in [7, 11) is 0. The summed E-state index contributed by atoms with van der Waals surface area (Å²) in [6.45, 7) is 2.56. The predicted molar refractivity (Wildman–Crippen MR) is 131 cm³/mol. The van der Waals surface area contributed by atoms with Crippen molar-refractivity contribution in [2.75, 3.05) is 0 Å². The summed E-state index contributed by atoms with van der Waals surface area (Å²) < 4.78 is 1.62. The van der Waals surface area contributed by atoms with E-state index in [0.717, 1.165) is 24.0 Å². The first-order chi connectivity index (χ1) is 16.9. The highest BCUT2D eigenvalue weighted by Gasteiger charge is 2.53. The molecule has 1 aliphatic heterocycles. The zero-order valence-corrected chi connectivity index (χ0v) is 20.1. The lowest BCUT2D eigenvalue weighted by molar-refractivity contribution is -0.133. The Balaban J connectivity index is 1.37. The third-order valence-electron chi connectivity index (χ3n) is 6.58. The Morgan fingerprint density at radius 1 is 1.06 bits per heavy atom. The van der Waals surface area contributed by atoms with Crippen LogP contribution in [-0.4, -0.2) is 43.8 Å². The molecule has 1 aliphatic carbocycles. The second kappa shape index (κ2) is 9.19. The van der Waals surface area contributed by atoms with Gasteiger partial charge in [-0.2, -0.15) is 0 Å². The maximum atomic E-state index is 13.7. The van der Waals surface area contributed by atoms with Crippen LogP contribution in [-0.2, 0) is 24.4 Å². The number of imidazole rings is 1.